The van der Waals surface area contributed by atoms with Crippen molar-refractivity contribution >= 4 is 41.1 Å². The summed E-state index contributed by atoms with van der Waals surface area (Å²) in [7, 11) is 3.75. The number of nitrogens with one attached hydrogen (secondary N) is 6. The topological polar surface area (TPSA) is 204 Å². The normalized spacial score (nSPS) is 12.2. The van der Waals surface area contributed by atoms with E-state index in [9.17, 15) is 28.8 Å². The minimum atomic E-state index is -0.906. The standard InChI is InChI=1S/C32H54N8O6/c1-22(2)29(31(45)37-20-23(3)41)40(5)19-16-24-12-14-25(15-13-24)38-30(44)26(10-9-18-35-32(33)46)39-28(43)21-36-27(42)11-7-6-8-17-34-4/h12-15,22,26,29,34H,6-11,16-21H2,1-5H3,(H,36,42)(H,37,45)(H,38,44)(H,39,43)(H3,33,35,46)/t26-,29?/m0/s1. The summed E-state index contributed by atoms with van der Waals surface area (Å²) in [4.78, 5) is 74.7. The summed E-state index contributed by atoms with van der Waals surface area (Å²) in [5.41, 5.74) is 6.65. The molecule has 6 amide bonds. The van der Waals surface area contributed by atoms with Gasteiger partial charge in [-0.15, -0.1) is 0 Å². The summed E-state index contributed by atoms with van der Waals surface area (Å²) in [5.74, 6) is -1.41. The van der Waals surface area contributed by atoms with Gasteiger partial charge in [0.1, 0.15) is 11.8 Å². The van der Waals surface area contributed by atoms with Crippen LogP contribution in [0.2, 0.25) is 0 Å². The number of amides is 6. The van der Waals surface area contributed by atoms with Crippen LogP contribution in [0.3, 0.4) is 0 Å². The van der Waals surface area contributed by atoms with Gasteiger partial charge in [-0.25, -0.2) is 4.79 Å². The number of ketones is 1. The second-order valence-corrected chi connectivity index (χ2v) is 11.8. The van der Waals surface area contributed by atoms with Gasteiger partial charge < -0.3 is 37.6 Å². The maximum absolute atomic E-state index is 13.1. The molecule has 0 aliphatic carbocycles. The lowest BCUT2D eigenvalue weighted by Crippen LogP contribution is -2.49. The number of carbonyl (C=O) groups excluding carboxylic acids is 6. The number of anilines is 1. The molecule has 0 spiro atoms. The van der Waals surface area contributed by atoms with E-state index in [0.717, 1.165) is 31.4 Å². The lowest BCUT2D eigenvalue weighted by atomic mass is 10.0. The Morgan fingerprint density at radius 3 is 2.13 bits per heavy atom. The van der Waals surface area contributed by atoms with E-state index in [1.54, 1.807) is 12.1 Å². The zero-order valence-corrected chi connectivity index (χ0v) is 28.0. The van der Waals surface area contributed by atoms with E-state index in [2.05, 4.69) is 31.9 Å². The van der Waals surface area contributed by atoms with E-state index in [1.807, 2.05) is 45.0 Å². The molecular weight excluding hydrogens is 592 g/mol. The van der Waals surface area contributed by atoms with Crippen molar-refractivity contribution in [2.45, 2.75) is 77.8 Å². The Morgan fingerprint density at radius 2 is 1.52 bits per heavy atom. The summed E-state index contributed by atoms with van der Waals surface area (Å²) in [5, 5.41) is 16.3. The van der Waals surface area contributed by atoms with Crippen molar-refractivity contribution in [2.75, 3.05) is 52.1 Å². The molecule has 14 heteroatoms. The molecule has 258 valence electrons. The lowest BCUT2D eigenvalue weighted by Gasteiger charge is -2.30. The Kier molecular flexibility index (Phi) is 19.5. The zero-order chi connectivity index (χ0) is 34.5. The predicted octanol–water partition coefficient (Wildman–Crippen LogP) is 0.659. The van der Waals surface area contributed by atoms with Gasteiger partial charge in [-0.3, -0.25) is 28.9 Å². The molecule has 1 aromatic carbocycles. The van der Waals surface area contributed by atoms with Crippen LogP contribution in [0.1, 0.15) is 64.9 Å². The van der Waals surface area contributed by atoms with Crippen molar-refractivity contribution in [3.63, 3.8) is 0 Å². The van der Waals surface area contributed by atoms with Gasteiger partial charge >= 0.3 is 6.03 Å². The molecule has 0 aliphatic heterocycles. The highest BCUT2D eigenvalue weighted by Gasteiger charge is 2.26. The fourth-order valence-electron chi connectivity index (χ4n) is 4.82. The number of nitrogens with zero attached hydrogens (tertiary/aromatic N) is 1. The number of hydrogen-bond acceptors (Lipinski definition) is 8. The van der Waals surface area contributed by atoms with E-state index >= 15 is 0 Å². The third kappa shape index (κ3) is 17.4. The maximum atomic E-state index is 13.1. The monoisotopic (exact) mass is 646 g/mol. The van der Waals surface area contributed by atoms with Crippen LogP contribution in [0.4, 0.5) is 10.5 Å². The van der Waals surface area contributed by atoms with Crippen molar-refractivity contribution in [1.82, 2.24) is 31.5 Å². The molecule has 0 aliphatic rings. The zero-order valence-electron chi connectivity index (χ0n) is 28.0. The van der Waals surface area contributed by atoms with Crippen molar-refractivity contribution in [3.8, 4) is 0 Å². The molecule has 0 bridgehead atoms. The van der Waals surface area contributed by atoms with E-state index < -0.39 is 23.9 Å². The van der Waals surface area contributed by atoms with Crippen molar-refractivity contribution < 1.29 is 28.8 Å². The number of benzene rings is 1. The fraction of sp³-hybridized carbons (Fsp3) is 0.625. The summed E-state index contributed by atoms with van der Waals surface area (Å²) < 4.78 is 0. The molecule has 46 heavy (non-hydrogen) atoms. The van der Waals surface area contributed by atoms with Crippen molar-refractivity contribution in [3.05, 3.63) is 29.8 Å². The van der Waals surface area contributed by atoms with Gasteiger partial charge in [0.05, 0.1) is 19.1 Å². The molecule has 0 fully saturated rings. The van der Waals surface area contributed by atoms with Gasteiger partial charge in [0, 0.05) is 25.2 Å². The van der Waals surface area contributed by atoms with E-state index in [4.69, 9.17) is 5.73 Å². The third-order valence-corrected chi connectivity index (χ3v) is 7.26. The first-order valence-corrected chi connectivity index (χ1v) is 15.9. The molecule has 2 atom stereocenters. The van der Waals surface area contributed by atoms with Crippen LogP contribution >= 0.6 is 0 Å². The van der Waals surface area contributed by atoms with E-state index in [0.29, 0.717) is 31.5 Å². The number of Topliss-reactive ketones (excluding diaryl/α,β-unsaturated/α-hetero) is 1. The Balaban J connectivity index is 2.72. The Bertz CT molecular complexity index is 1130. The largest absolute Gasteiger partial charge is 0.352 e. The van der Waals surface area contributed by atoms with Crippen molar-refractivity contribution in [1.29, 1.82) is 0 Å². The van der Waals surface area contributed by atoms with Gasteiger partial charge in [0.2, 0.25) is 23.6 Å². The van der Waals surface area contributed by atoms with Gasteiger partial charge in [-0.05, 0) is 83.3 Å². The number of nitrogens with two attached hydrogens (primary N) is 1. The average molecular weight is 647 g/mol. The summed E-state index contributed by atoms with van der Waals surface area (Å²) >= 11 is 0. The number of carbonyl (C=O) groups is 6. The smallest absolute Gasteiger partial charge is 0.312 e. The number of primary amides is 1. The number of likely N-dealkylation sites (N-methyl/N-ethyl adjacent to an activating group) is 1. The fourth-order valence-corrected chi connectivity index (χ4v) is 4.82. The minimum absolute atomic E-state index is 0.00603. The molecule has 8 N–H and O–H groups in total. The first-order valence-electron chi connectivity index (χ1n) is 15.9. The van der Waals surface area contributed by atoms with Gasteiger partial charge in [-0.1, -0.05) is 32.4 Å². The van der Waals surface area contributed by atoms with Gasteiger partial charge in [-0.2, -0.15) is 0 Å². The third-order valence-electron chi connectivity index (χ3n) is 7.26. The summed E-state index contributed by atoms with van der Waals surface area (Å²) in [6.07, 6.45) is 4.19. The number of hydrogen-bond donors (Lipinski definition) is 7. The molecule has 0 saturated carbocycles. The average Bonchev–Trinajstić information content (AvgIpc) is 2.99. The SMILES string of the molecule is CNCCCCCC(=O)NCC(=O)N[C@@H](CCCNC(N)=O)C(=O)Nc1ccc(CCN(C)C(C(=O)NCC(C)=O)C(C)C)cc1. The molecule has 1 unspecified atom stereocenters. The quantitative estimate of drug-likeness (QED) is 0.0840. The summed E-state index contributed by atoms with van der Waals surface area (Å²) in [6, 6.07) is 5.31. The first kappa shape index (κ1) is 40.0. The van der Waals surface area contributed by atoms with Crippen LogP contribution in [-0.4, -0.2) is 99.2 Å². The highest BCUT2D eigenvalue weighted by Crippen LogP contribution is 2.14. The maximum Gasteiger partial charge on any atom is 0.312 e. The Hall–Kier alpha value is -4.04. The molecule has 0 aromatic heterocycles. The van der Waals surface area contributed by atoms with Crippen LogP contribution in [0.15, 0.2) is 24.3 Å². The van der Waals surface area contributed by atoms with Crippen LogP contribution in [-0.2, 0) is 30.4 Å². The second kappa shape index (κ2) is 22.5. The van der Waals surface area contributed by atoms with Crippen LogP contribution in [0.5, 0.6) is 0 Å². The summed E-state index contributed by atoms with van der Waals surface area (Å²) in [6.45, 7) is 6.82. The minimum Gasteiger partial charge on any atom is -0.352 e. The molecule has 1 rings (SSSR count). The molecule has 0 radical (unpaired) electrons. The van der Waals surface area contributed by atoms with Crippen molar-refractivity contribution in [2.24, 2.45) is 11.7 Å². The lowest BCUT2D eigenvalue weighted by molar-refractivity contribution is -0.129. The van der Waals surface area contributed by atoms with E-state index in [-0.39, 0.29) is 55.6 Å². The Labute approximate surface area is 272 Å². The van der Waals surface area contributed by atoms with Gasteiger partial charge in [0.25, 0.3) is 0 Å². The number of urea groups is 1. The van der Waals surface area contributed by atoms with Crippen LogP contribution < -0.4 is 37.6 Å². The Morgan fingerprint density at radius 1 is 0.826 bits per heavy atom. The highest BCUT2D eigenvalue weighted by molar-refractivity contribution is 5.97. The molecule has 14 nitrogen and oxygen atoms in total. The van der Waals surface area contributed by atoms with Crippen LogP contribution in [0.25, 0.3) is 0 Å². The molecule has 1 aromatic rings. The molecule has 0 saturated heterocycles. The number of rotatable bonds is 23. The van der Waals surface area contributed by atoms with Gasteiger partial charge in [0.15, 0.2) is 0 Å². The highest BCUT2D eigenvalue weighted by atomic mass is 16.2. The molecule has 0 heterocycles. The number of unbranched alkanes of at least 4 members (excludes halogenated alkanes) is 2. The van der Waals surface area contributed by atoms with E-state index in [1.165, 1.54) is 6.92 Å². The van der Waals surface area contributed by atoms with Crippen LogP contribution in [0, 0.1) is 5.92 Å². The first-order chi connectivity index (χ1) is 21.8. The second-order valence-electron chi connectivity index (χ2n) is 11.8. The molecular formula is C32H54N8O6. The predicted molar refractivity (Wildman–Crippen MR) is 178 cm³/mol.